The van der Waals surface area contributed by atoms with Crippen LogP contribution in [0.15, 0.2) is 36.7 Å². The highest BCUT2D eigenvalue weighted by Gasteiger charge is 2.18. The Morgan fingerprint density at radius 3 is 2.56 bits per heavy atom. The van der Waals surface area contributed by atoms with Crippen LogP contribution in [0.4, 0.5) is 11.5 Å². The van der Waals surface area contributed by atoms with Gasteiger partial charge in [-0.05, 0) is 37.8 Å². The summed E-state index contributed by atoms with van der Waals surface area (Å²) in [4.78, 5) is 34.6. The molecular formula is C19H22N4O2. The van der Waals surface area contributed by atoms with E-state index >= 15 is 0 Å². The van der Waals surface area contributed by atoms with E-state index in [9.17, 15) is 9.59 Å². The molecule has 0 spiro atoms. The third kappa shape index (κ3) is 4.21. The van der Waals surface area contributed by atoms with Crippen LogP contribution in [-0.2, 0) is 0 Å². The Kier molecular flexibility index (Phi) is 5.07. The Morgan fingerprint density at radius 1 is 1.16 bits per heavy atom. The summed E-state index contributed by atoms with van der Waals surface area (Å²) in [6.45, 7) is 5.70. The highest BCUT2D eigenvalue weighted by Crippen LogP contribution is 2.20. The molecule has 0 bridgehead atoms. The summed E-state index contributed by atoms with van der Waals surface area (Å²) in [5.41, 5.74) is 1.37. The fourth-order valence-electron chi connectivity index (χ4n) is 2.85. The molecular weight excluding hydrogens is 316 g/mol. The van der Waals surface area contributed by atoms with Crippen LogP contribution in [0.25, 0.3) is 0 Å². The summed E-state index contributed by atoms with van der Waals surface area (Å²) < 4.78 is 0. The molecule has 1 fully saturated rings. The second-order valence-corrected chi connectivity index (χ2v) is 6.52. The number of hydrogen-bond acceptors (Lipinski definition) is 5. The number of rotatable bonds is 4. The average molecular weight is 338 g/mol. The molecule has 0 atom stereocenters. The van der Waals surface area contributed by atoms with E-state index in [0.29, 0.717) is 11.3 Å². The van der Waals surface area contributed by atoms with Gasteiger partial charge < -0.3 is 10.2 Å². The predicted molar refractivity (Wildman–Crippen MR) is 97.0 cm³/mol. The van der Waals surface area contributed by atoms with Crippen LogP contribution < -0.4 is 10.2 Å². The molecule has 6 heteroatoms. The van der Waals surface area contributed by atoms with E-state index in [1.807, 2.05) is 0 Å². The van der Waals surface area contributed by atoms with E-state index in [1.54, 1.807) is 30.5 Å². The smallest absolute Gasteiger partial charge is 0.275 e. The summed E-state index contributed by atoms with van der Waals surface area (Å²) in [7, 11) is 0. The molecule has 1 saturated heterocycles. The lowest BCUT2D eigenvalue weighted by molar-refractivity contribution is 0.100. The molecule has 1 aliphatic rings. The van der Waals surface area contributed by atoms with E-state index in [2.05, 4.69) is 27.1 Å². The van der Waals surface area contributed by atoms with Crippen LogP contribution in [0, 0.1) is 5.92 Å². The number of hydrogen-bond donors (Lipinski definition) is 1. The number of benzene rings is 1. The molecule has 2 aromatic rings. The summed E-state index contributed by atoms with van der Waals surface area (Å²) in [5, 5.41) is 2.75. The number of Topliss-reactive ketones (excluding diaryl/α,β-unsaturated/α-hetero) is 1. The summed E-state index contributed by atoms with van der Waals surface area (Å²) >= 11 is 0. The largest absolute Gasteiger partial charge is 0.355 e. The zero-order valence-corrected chi connectivity index (χ0v) is 14.5. The van der Waals surface area contributed by atoms with Gasteiger partial charge in [-0.1, -0.05) is 19.1 Å². The van der Waals surface area contributed by atoms with Gasteiger partial charge in [0.2, 0.25) is 0 Å². The monoisotopic (exact) mass is 338 g/mol. The summed E-state index contributed by atoms with van der Waals surface area (Å²) in [5.74, 6) is 1.17. The molecule has 25 heavy (non-hydrogen) atoms. The molecule has 2 heterocycles. The molecule has 0 unspecified atom stereocenters. The summed E-state index contributed by atoms with van der Waals surface area (Å²) in [6.07, 6.45) is 5.45. The van der Waals surface area contributed by atoms with Crippen molar-refractivity contribution in [3.05, 3.63) is 47.9 Å². The van der Waals surface area contributed by atoms with E-state index in [-0.39, 0.29) is 17.4 Å². The van der Waals surface area contributed by atoms with Gasteiger partial charge in [-0.2, -0.15) is 0 Å². The Balaban J connectivity index is 1.66. The third-order valence-corrected chi connectivity index (χ3v) is 4.51. The first-order valence-electron chi connectivity index (χ1n) is 8.52. The topological polar surface area (TPSA) is 75.2 Å². The first-order valence-corrected chi connectivity index (χ1v) is 8.52. The molecule has 1 amide bonds. The highest BCUT2D eigenvalue weighted by atomic mass is 16.2. The quantitative estimate of drug-likeness (QED) is 0.867. The van der Waals surface area contributed by atoms with Gasteiger partial charge in [0.1, 0.15) is 11.5 Å². The number of piperidine rings is 1. The maximum absolute atomic E-state index is 12.3. The van der Waals surface area contributed by atoms with Crippen LogP contribution in [0.1, 0.15) is 47.5 Å². The molecule has 130 valence electrons. The number of carbonyl (C=O) groups is 2. The molecule has 0 radical (unpaired) electrons. The lowest BCUT2D eigenvalue weighted by Gasteiger charge is -2.30. The molecule has 0 saturated carbocycles. The fourth-order valence-corrected chi connectivity index (χ4v) is 2.85. The first kappa shape index (κ1) is 17.1. The van der Waals surface area contributed by atoms with Gasteiger partial charge >= 0.3 is 0 Å². The molecule has 1 aliphatic heterocycles. The van der Waals surface area contributed by atoms with Gasteiger partial charge in [-0.15, -0.1) is 0 Å². The first-order chi connectivity index (χ1) is 12.0. The standard InChI is InChI=1S/C19H22N4O2/c1-13-6-8-23(9-7-13)18-12-20-17(11-21-18)19(25)22-16-5-3-4-15(10-16)14(2)24/h3-5,10-13H,6-9H2,1-2H3,(H,22,25). The Hall–Kier alpha value is -2.76. The number of ketones is 1. The van der Waals surface area contributed by atoms with E-state index < -0.39 is 0 Å². The highest BCUT2D eigenvalue weighted by molar-refractivity contribution is 6.03. The van der Waals surface area contributed by atoms with Crippen molar-refractivity contribution in [1.29, 1.82) is 0 Å². The number of carbonyl (C=O) groups excluding carboxylic acids is 2. The van der Waals surface area contributed by atoms with Gasteiger partial charge in [-0.3, -0.25) is 9.59 Å². The lowest BCUT2D eigenvalue weighted by Crippen LogP contribution is -2.33. The molecule has 1 aromatic carbocycles. The fraction of sp³-hybridized carbons (Fsp3) is 0.368. The van der Waals surface area contributed by atoms with Crippen LogP contribution >= 0.6 is 0 Å². The van der Waals surface area contributed by atoms with Gasteiger partial charge in [0, 0.05) is 24.3 Å². The lowest BCUT2D eigenvalue weighted by atomic mass is 9.99. The Morgan fingerprint density at radius 2 is 1.92 bits per heavy atom. The van der Waals surface area contributed by atoms with E-state index in [1.165, 1.54) is 13.1 Å². The average Bonchev–Trinajstić information content (AvgIpc) is 2.63. The van der Waals surface area contributed by atoms with Crippen molar-refractivity contribution in [3.8, 4) is 0 Å². The molecule has 1 aromatic heterocycles. The van der Waals surface area contributed by atoms with Crippen molar-refractivity contribution in [2.75, 3.05) is 23.3 Å². The van der Waals surface area contributed by atoms with Crippen molar-refractivity contribution < 1.29 is 9.59 Å². The van der Waals surface area contributed by atoms with Gasteiger partial charge in [0.05, 0.1) is 12.4 Å². The Labute approximate surface area is 147 Å². The number of anilines is 2. The zero-order chi connectivity index (χ0) is 17.8. The van der Waals surface area contributed by atoms with Crippen molar-refractivity contribution in [1.82, 2.24) is 9.97 Å². The van der Waals surface area contributed by atoms with Crippen molar-refractivity contribution in [2.45, 2.75) is 26.7 Å². The number of amides is 1. The molecule has 3 rings (SSSR count). The number of nitrogens with zero attached hydrogens (tertiary/aromatic N) is 3. The minimum Gasteiger partial charge on any atom is -0.355 e. The summed E-state index contributed by atoms with van der Waals surface area (Å²) in [6, 6.07) is 6.84. The van der Waals surface area contributed by atoms with Crippen molar-refractivity contribution in [2.24, 2.45) is 5.92 Å². The third-order valence-electron chi connectivity index (χ3n) is 4.51. The second kappa shape index (κ2) is 7.42. The van der Waals surface area contributed by atoms with Gasteiger partial charge in [0.15, 0.2) is 5.78 Å². The number of aromatic nitrogens is 2. The van der Waals surface area contributed by atoms with Gasteiger partial charge in [-0.25, -0.2) is 9.97 Å². The number of nitrogens with one attached hydrogen (secondary N) is 1. The Bertz CT molecular complexity index is 765. The van der Waals surface area contributed by atoms with Crippen LogP contribution in [-0.4, -0.2) is 34.7 Å². The minimum absolute atomic E-state index is 0.0453. The maximum Gasteiger partial charge on any atom is 0.275 e. The van der Waals surface area contributed by atoms with Crippen LogP contribution in [0.3, 0.4) is 0 Å². The molecule has 0 aliphatic carbocycles. The van der Waals surface area contributed by atoms with Crippen molar-refractivity contribution >= 4 is 23.2 Å². The van der Waals surface area contributed by atoms with Crippen LogP contribution in [0.5, 0.6) is 0 Å². The minimum atomic E-state index is -0.341. The normalized spacial score (nSPS) is 15.0. The van der Waals surface area contributed by atoms with Crippen LogP contribution in [0.2, 0.25) is 0 Å². The zero-order valence-electron chi connectivity index (χ0n) is 14.5. The van der Waals surface area contributed by atoms with Crippen molar-refractivity contribution in [3.63, 3.8) is 0 Å². The maximum atomic E-state index is 12.3. The SMILES string of the molecule is CC(=O)c1cccc(NC(=O)c2cnc(N3CCC(C)CC3)cn2)c1. The van der Waals surface area contributed by atoms with E-state index in [4.69, 9.17) is 0 Å². The molecule has 1 N–H and O–H groups in total. The second-order valence-electron chi connectivity index (χ2n) is 6.52. The van der Waals surface area contributed by atoms with E-state index in [0.717, 1.165) is 37.7 Å². The molecule has 6 nitrogen and oxygen atoms in total. The van der Waals surface area contributed by atoms with Gasteiger partial charge in [0.25, 0.3) is 5.91 Å². The predicted octanol–water partition coefficient (Wildman–Crippen LogP) is 3.17.